The number of hydrogen-bond acceptors (Lipinski definition) is 8. The van der Waals surface area contributed by atoms with E-state index in [1.54, 1.807) is 0 Å². The van der Waals surface area contributed by atoms with Crippen LogP contribution in [0.1, 0.15) is 19.3 Å². The van der Waals surface area contributed by atoms with E-state index in [2.05, 4.69) is 18.8 Å². The molecular formula is C18H12F22O7S. The summed E-state index contributed by atoms with van der Waals surface area (Å²) in [5, 5.41) is 8.37. The van der Waals surface area contributed by atoms with Crippen LogP contribution in [0.4, 0.5) is 96.6 Å². The number of alkyl halides is 22. The SMILES string of the molecule is O=C(CC(SOOO)C(=O)OCCC(F)(F)C(F)(F)C(F)(F)C(F)(F)F)OCCC(F)(F)C(F)(F)C(F)(F)C(F)(F)C(F)(F)C(F)(F)F. The van der Waals surface area contributed by atoms with Crippen molar-refractivity contribution < 1.29 is 130 Å². The molecule has 0 fully saturated rings. The molecule has 0 aromatic heterocycles. The molecule has 1 N–H and O–H groups in total. The van der Waals surface area contributed by atoms with Gasteiger partial charge in [-0.05, 0) is 0 Å². The second kappa shape index (κ2) is 14.5. The van der Waals surface area contributed by atoms with Crippen LogP contribution in [0.5, 0.6) is 0 Å². The van der Waals surface area contributed by atoms with E-state index in [1.165, 1.54) is 0 Å². The molecule has 0 rings (SSSR count). The van der Waals surface area contributed by atoms with Crippen molar-refractivity contribution in [2.75, 3.05) is 13.2 Å². The van der Waals surface area contributed by atoms with E-state index >= 15 is 0 Å². The first-order valence-corrected chi connectivity index (χ1v) is 11.9. The summed E-state index contributed by atoms with van der Waals surface area (Å²) < 4.78 is 297. The first kappa shape index (κ1) is 45.6. The molecule has 1 unspecified atom stereocenters. The molecule has 30 heteroatoms. The van der Waals surface area contributed by atoms with E-state index in [0.717, 1.165) is 0 Å². The molecule has 286 valence electrons. The van der Waals surface area contributed by atoms with Crippen LogP contribution in [0.3, 0.4) is 0 Å². The average Bonchev–Trinajstić information content (AvgIpc) is 2.88. The zero-order valence-electron chi connectivity index (χ0n) is 21.7. The number of rotatable bonds is 18. The third-order valence-corrected chi connectivity index (χ3v) is 6.08. The van der Waals surface area contributed by atoms with Gasteiger partial charge in [0, 0.05) is 0 Å². The van der Waals surface area contributed by atoms with Crippen molar-refractivity contribution in [2.45, 2.75) is 84.2 Å². The van der Waals surface area contributed by atoms with Crippen molar-refractivity contribution in [3.05, 3.63) is 0 Å². The average molecular weight is 790 g/mol. The van der Waals surface area contributed by atoms with Gasteiger partial charge in [0.25, 0.3) is 0 Å². The molecule has 0 aromatic carbocycles. The van der Waals surface area contributed by atoms with Gasteiger partial charge in [-0.15, -0.1) is 4.33 Å². The minimum absolute atomic E-state index is 0.683. The maximum atomic E-state index is 13.7. The van der Waals surface area contributed by atoms with Crippen LogP contribution < -0.4 is 0 Å². The number of hydrogen-bond donors (Lipinski definition) is 1. The lowest BCUT2D eigenvalue weighted by Gasteiger charge is -2.39. The van der Waals surface area contributed by atoms with Crippen molar-refractivity contribution in [1.29, 1.82) is 0 Å². The zero-order chi connectivity index (χ0) is 38.8. The summed E-state index contributed by atoms with van der Waals surface area (Å²) in [7, 11) is 0. The molecule has 0 heterocycles. The van der Waals surface area contributed by atoms with Gasteiger partial charge in [-0.2, -0.15) is 96.6 Å². The largest absolute Gasteiger partial charge is 0.465 e. The predicted molar refractivity (Wildman–Crippen MR) is 104 cm³/mol. The van der Waals surface area contributed by atoms with Crippen LogP contribution >= 0.6 is 12.0 Å². The van der Waals surface area contributed by atoms with Gasteiger partial charge in [-0.25, -0.2) is 5.26 Å². The van der Waals surface area contributed by atoms with Gasteiger partial charge in [0.05, 0.1) is 44.5 Å². The van der Waals surface area contributed by atoms with E-state index in [9.17, 15) is 106 Å². The second-order valence-corrected chi connectivity index (χ2v) is 9.57. The lowest BCUT2D eigenvalue weighted by atomic mass is 9.93. The highest BCUT2D eigenvalue weighted by Crippen LogP contribution is 2.60. The van der Waals surface area contributed by atoms with E-state index in [-0.39, 0.29) is 0 Å². The van der Waals surface area contributed by atoms with Crippen molar-refractivity contribution in [3.8, 4) is 0 Å². The fourth-order valence-electron chi connectivity index (χ4n) is 2.62. The maximum absolute atomic E-state index is 13.7. The Kier molecular flexibility index (Phi) is 13.8. The van der Waals surface area contributed by atoms with Gasteiger partial charge >= 0.3 is 71.7 Å². The molecule has 0 bridgehead atoms. The lowest BCUT2D eigenvalue weighted by molar-refractivity contribution is -0.440. The van der Waals surface area contributed by atoms with Crippen LogP contribution in [-0.4, -0.2) is 95.4 Å². The van der Waals surface area contributed by atoms with Gasteiger partial charge in [0.15, 0.2) is 0 Å². The smallest absolute Gasteiger partial charge is 0.460 e. The van der Waals surface area contributed by atoms with Crippen molar-refractivity contribution in [1.82, 2.24) is 0 Å². The monoisotopic (exact) mass is 790 g/mol. The Balaban J connectivity index is 5.61. The Morgan fingerprint density at radius 2 is 0.854 bits per heavy atom. The summed E-state index contributed by atoms with van der Waals surface area (Å²) in [6.07, 6.45) is -22.6. The number of ether oxygens (including phenoxy) is 2. The number of carbonyl (C=O) groups is 2. The summed E-state index contributed by atoms with van der Waals surface area (Å²) in [5.41, 5.74) is 0. The van der Waals surface area contributed by atoms with Gasteiger partial charge in [0.1, 0.15) is 5.25 Å². The summed E-state index contributed by atoms with van der Waals surface area (Å²) in [6.45, 7) is -4.54. The summed E-state index contributed by atoms with van der Waals surface area (Å²) >= 11 is -0.683. The summed E-state index contributed by atoms with van der Waals surface area (Å²) in [5.74, 6) is -64.2. The standard InChI is InChI=1S/C18H12F22O7S/c19-9(20,11(23,24)13(27,28)14(29,30)16(33,34)18(38,39)40)1-3-44-7(41)5-6(48-47-46-43)8(42)45-4-2-10(21,22)12(25,26)15(31,32)17(35,36)37/h6,43H,1-5H2. The lowest BCUT2D eigenvalue weighted by Crippen LogP contribution is -2.70. The molecule has 0 aliphatic carbocycles. The van der Waals surface area contributed by atoms with Crippen LogP contribution in [0.25, 0.3) is 0 Å². The van der Waals surface area contributed by atoms with Gasteiger partial charge in [-0.1, -0.05) is 5.04 Å². The van der Waals surface area contributed by atoms with E-state index in [0.29, 0.717) is 0 Å². The van der Waals surface area contributed by atoms with Crippen LogP contribution in [0.2, 0.25) is 0 Å². The maximum Gasteiger partial charge on any atom is 0.460 e. The van der Waals surface area contributed by atoms with Crippen LogP contribution in [0, 0.1) is 0 Å². The number of halogens is 22. The van der Waals surface area contributed by atoms with Crippen molar-refractivity contribution in [2.24, 2.45) is 0 Å². The van der Waals surface area contributed by atoms with Crippen molar-refractivity contribution in [3.63, 3.8) is 0 Å². The fraction of sp³-hybridized carbons (Fsp3) is 0.889. The first-order chi connectivity index (χ1) is 20.9. The molecule has 0 saturated heterocycles. The summed E-state index contributed by atoms with van der Waals surface area (Å²) in [4.78, 5) is 23.5. The Morgan fingerprint density at radius 3 is 1.23 bits per heavy atom. The zero-order valence-corrected chi connectivity index (χ0v) is 22.5. The number of esters is 2. The second-order valence-electron chi connectivity index (χ2n) is 8.67. The van der Waals surface area contributed by atoms with E-state index in [1.807, 2.05) is 0 Å². The van der Waals surface area contributed by atoms with Gasteiger partial charge < -0.3 is 9.47 Å². The molecule has 0 saturated carbocycles. The molecule has 48 heavy (non-hydrogen) atoms. The minimum Gasteiger partial charge on any atom is -0.465 e. The Hall–Kier alpha value is -2.37. The van der Waals surface area contributed by atoms with E-state index in [4.69, 9.17) is 5.26 Å². The topological polar surface area (TPSA) is 91.3 Å². The molecule has 0 amide bonds. The number of carbonyl (C=O) groups excluding carboxylic acids is 2. The van der Waals surface area contributed by atoms with E-state index < -0.39 is 121 Å². The van der Waals surface area contributed by atoms with Gasteiger partial charge in [0.2, 0.25) is 0 Å². The normalized spacial score (nSPS) is 15.7. The molecule has 1 atom stereocenters. The molecule has 0 aliphatic heterocycles. The van der Waals surface area contributed by atoms with Crippen LogP contribution in [-0.2, 0) is 28.4 Å². The first-order valence-electron chi connectivity index (χ1n) is 11.1. The summed E-state index contributed by atoms with van der Waals surface area (Å²) in [6, 6.07) is 0. The quantitative estimate of drug-likeness (QED) is 0.0494. The highest BCUT2D eigenvalue weighted by atomic mass is 32.2. The van der Waals surface area contributed by atoms with Crippen molar-refractivity contribution >= 4 is 24.0 Å². The highest BCUT2D eigenvalue weighted by Gasteiger charge is 2.90. The fourth-order valence-corrected chi connectivity index (χ4v) is 3.10. The minimum atomic E-state index is -8.24. The molecule has 0 aliphatic rings. The highest BCUT2D eigenvalue weighted by molar-refractivity contribution is 7.95. The predicted octanol–water partition coefficient (Wildman–Crippen LogP) is 7.89. The van der Waals surface area contributed by atoms with Crippen LogP contribution in [0.15, 0.2) is 0 Å². The van der Waals surface area contributed by atoms with Gasteiger partial charge in [-0.3, -0.25) is 9.59 Å². The molecule has 7 nitrogen and oxygen atoms in total. The molecular weight excluding hydrogens is 778 g/mol. The molecule has 0 radical (unpaired) electrons. The molecule has 0 aromatic rings. The Labute approximate surface area is 252 Å². The molecule has 0 spiro atoms. The Bertz CT molecular complexity index is 1110. The third-order valence-electron chi connectivity index (χ3n) is 5.35. The third kappa shape index (κ3) is 8.67. The Morgan fingerprint density at radius 1 is 0.521 bits per heavy atom.